The van der Waals surface area contributed by atoms with E-state index in [1.165, 1.54) is 0 Å². The lowest BCUT2D eigenvalue weighted by Crippen LogP contribution is -2.41. The van der Waals surface area contributed by atoms with Crippen LogP contribution in [0.1, 0.15) is 23.2 Å². The van der Waals surface area contributed by atoms with Crippen LogP contribution in [-0.2, 0) is 9.59 Å². The zero-order valence-corrected chi connectivity index (χ0v) is 13.8. The van der Waals surface area contributed by atoms with E-state index < -0.39 is 23.9 Å². The lowest BCUT2D eigenvalue weighted by molar-refractivity contribution is -0.140. The van der Waals surface area contributed by atoms with Crippen molar-refractivity contribution in [2.45, 2.75) is 18.9 Å². The van der Waals surface area contributed by atoms with Crippen molar-refractivity contribution in [3.05, 3.63) is 31.8 Å². The fourth-order valence-electron chi connectivity index (χ4n) is 1.43. The van der Waals surface area contributed by atoms with Crippen molar-refractivity contribution in [1.82, 2.24) is 5.32 Å². The lowest BCUT2D eigenvalue weighted by Gasteiger charge is -2.14. The molecule has 1 aromatic carbocycles. The average molecular weight is 456 g/mol. The fraction of sp³-hybridized carbons (Fsp3) is 0.250. The molecular formula is C12H11BrINO5. The van der Waals surface area contributed by atoms with E-state index in [2.05, 4.69) is 21.2 Å². The maximum Gasteiger partial charge on any atom is 0.326 e. The van der Waals surface area contributed by atoms with E-state index in [0.29, 0.717) is 13.6 Å². The smallest absolute Gasteiger partial charge is 0.326 e. The van der Waals surface area contributed by atoms with Gasteiger partial charge in [0.1, 0.15) is 6.04 Å². The molecule has 0 fully saturated rings. The van der Waals surface area contributed by atoms with Crippen LogP contribution < -0.4 is 5.32 Å². The Bertz CT molecular complexity index is 549. The summed E-state index contributed by atoms with van der Waals surface area (Å²) in [5.74, 6) is -2.92. The second kappa shape index (κ2) is 7.58. The van der Waals surface area contributed by atoms with Crippen molar-refractivity contribution in [3.63, 3.8) is 0 Å². The van der Waals surface area contributed by atoms with Gasteiger partial charge in [-0.15, -0.1) is 0 Å². The molecule has 1 aromatic rings. The van der Waals surface area contributed by atoms with Gasteiger partial charge >= 0.3 is 11.9 Å². The molecule has 0 aliphatic carbocycles. The Kier molecular flexibility index (Phi) is 6.40. The van der Waals surface area contributed by atoms with Crippen LogP contribution in [0.2, 0.25) is 0 Å². The molecular weight excluding hydrogens is 445 g/mol. The van der Waals surface area contributed by atoms with Gasteiger partial charge in [0.05, 0.1) is 5.56 Å². The van der Waals surface area contributed by atoms with Gasteiger partial charge in [0.25, 0.3) is 5.91 Å². The van der Waals surface area contributed by atoms with E-state index in [-0.39, 0.29) is 12.8 Å². The van der Waals surface area contributed by atoms with Crippen molar-refractivity contribution < 1.29 is 24.6 Å². The highest BCUT2D eigenvalue weighted by atomic mass is 127. The predicted octanol–water partition coefficient (Wildman–Crippen LogP) is 2.10. The molecule has 0 heterocycles. The maximum absolute atomic E-state index is 12.0. The van der Waals surface area contributed by atoms with Crippen LogP contribution in [0, 0.1) is 3.57 Å². The van der Waals surface area contributed by atoms with E-state index in [4.69, 9.17) is 10.2 Å². The highest BCUT2D eigenvalue weighted by Crippen LogP contribution is 2.18. The number of carbonyl (C=O) groups excluding carboxylic acids is 1. The second-order valence-electron chi connectivity index (χ2n) is 3.92. The number of carboxylic acid groups (broad SMARTS) is 2. The molecule has 0 aromatic heterocycles. The summed E-state index contributed by atoms with van der Waals surface area (Å²) >= 11 is 5.20. The van der Waals surface area contributed by atoms with E-state index >= 15 is 0 Å². The summed E-state index contributed by atoms with van der Waals surface area (Å²) in [5.41, 5.74) is 0.335. The Balaban J connectivity index is 2.82. The Hall–Kier alpha value is -1.16. The van der Waals surface area contributed by atoms with Crippen LogP contribution in [0.4, 0.5) is 0 Å². The van der Waals surface area contributed by atoms with Crippen molar-refractivity contribution in [1.29, 1.82) is 0 Å². The van der Waals surface area contributed by atoms with Crippen LogP contribution in [0.25, 0.3) is 0 Å². The van der Waals surface area contributed by atoms with E-state index in [1.807, 2.05) is 22.6 Å². The Morgan fingerprint density at radius 3 is 2.50 bits per heavy atom. The van der Waals surface area contributed by atoms with Gasteiger partial charge in [-0.3, -0.25) is 9.59 Å². The first-order valence-electron chi connectivity index (χ1n) is 5.51. The molecule has 0 aliphatic rings. The Morgan fingerprint density at radius 1 is 1.30 bits per heavy atom. The molecule has 0 spiro atoms. The zero-order chi connectivity index (χ0) is 15.3. The van der Waals surface area contributed by atoms with Crippen LogP contribution in [-0.4, -0.2) is 34.1 Å². The molecule has 0 radical (unpaired) electrons. The number of hydrogen-bond donors (Lipinski definition) is 3. The minimum atomic E-state index is -1.26. The van der Waals surface area contributed by atoms with Gasteiger partial charge in [-0.2, -0.15) is 0 Å². The summed E-state index contributed by atoms with van der Waals surface area (Å²) in [7, 11) is 0. The topological polar surface area (TPSA) is 104 Å². The first-order valence-corrected chi connectivity index (χ1v) is 7.39. The van der Waals surface area contributed by atoms with Gasteiger partial charge in [-0.05, 0) is 47.2 Å². The number of aliphatic carboxylic acids is 2. The molecule has 20 heavy (non-hydrogen) atoms. The minimum Gasteiger partial charge on any atom is -0.481 e. The third kappa shape index (κ3) is 5.08. The van der Waals surface area contributed by atoms with Gasteiger partial charge < -0.3 is 15.5 Å². The van der Waals surface area contributed by atoms with Gasteiger partial charge in [0.2, 0.25) is 0 Å². The summed E-state index contributed by atoms with van der Waals surface area (Å²) < 4.78 is 1.37. The number of amides is 1. The van der Waals surface area contributed by atoms with Gasteiger partial charge in [0.15, 0.2) is 0 Å². The SMILES string of the molecule is O=C(O)CC[C@H](NC(=O)c1cc(Br)ccc1I)C(=O)O. The largest absolute Gasteiger partial charge is 0.481 e. The zero-order valence-electron chi connectivity index (χ0n) is 10.1. The van der Waals surface area contributed by atoms with Crippen LogP contribution >= 0.6 is 38.5 Å². The highest BCUT2D eigenvalue weighted by Gasteiger charge is 2.22. The molecule has 0 aliphatic heterocycles. The first kappa shape index (κ1) is 16.9. The standard InChI is InChI=1S/C12H11BrINO5/c13-6-1-2-8(14)7(5-6)11(18)15-9(12(19)20)3-4-10(16)17/h1-2,5,9H,3-4H2,(H,15,18)(H,16,17)(H,19,20)/t9-/m0/s1. The normalized spacial score (nSPS) is 11.7. The monoisotopic (exact) mass is 455 g/mol. The van der Waals surface area contributed by atoms with Gasteiger partial charge in [0, 0.05) is 14.5 Å². The Labute approximate surface area is 136 Å². The van der Waals surface area contributed by atoms with Crippen LogP contribution in [0.15, 0.2) is 22.7 Å². The van der Waals surface area contributed by atoms with E-state index in [9.17, 15) is 14.4 Å². The summed E-state index contributed by atoms with van der Waals surface area (Å²) in [5, 5.41) is 19.9. The molecule has 1 amide bonds. The average Bonchev–Trinajstić information content (AvgIpc) is 2.36. The summed E-state index contributed by atoms with van der Waals surface area (Å²) in [6.45, 7) is 0. The van der Waals surface area contributed by atoms with Crippen LogP contribution in [0.5, 0.6) is 0 Å². The number of nitrogens with one attached hydrogen (secondary N) is 1. The van der Waals surface area contributed by atoms with Crippen molar-refractivity contribution in [2.75, 3.05) is 0 Å². The second-order valence-corrected chi connectivity index (χ2v) is 6.00. The molecule has 0 bridgehead atoms. The number of halogens is 2. The molecule has 0 saturated heterocycles. The third-order valence-corrected chi connectivity index (χ3v) is 3.86. The van der Waals surface area contributed by atoms with Crippen molar-refractivity contribution in [3.8, 4) is 0 Å². The molecule has 1 atom stereocenters. The summed E-state index contributed by atoms with van der Waals surface area (Å²) in [6, 6.07) is 3.82. The lowest BCUT2D eigenvalue weighted by atomic mass is 10.1. The molecule has 6 nitrogen and oxygen atoms in total. The first-order chi connectivity index (χ1) is 9.31. The molecule has 3 N–H and O–H groups in total. The molecule has 8 heteroatoms. The molecule has 0 saturated carbocycles. The molecule has 108 valence electrons. The quantitative estimate of drug-likeness (QED) is 0.570. The fourth-order valence-corrected chi connectivity index (χ4v) is 2.37. The summed E-state index contributed by atoms with van der Waals surface area (Å²) in [6.07, 6.45) is -0.492. The summed E-state index contributed by atoms with van der Waals surface area (Å²) in [4.78, 5) is 33.5. The van der Waals surface area contributed by atoms with E-state index in [0.717, 1.165) is 0 Å². The van der Waals surface area contributed by atoms with E-state index in [1.54, 1.807) is 18.2 Å². The number of hydrogen-bond acceptors (Lipinski definition) is 3. The van der Waals surface area contributed by atoms with Crippen molar-refractivity contribution >= 4 is 56.4 Å². The number of benzene rings is 1. The third-order valence-electron chi connectivity index (χ3n) is 2.42. The highest BCUT2D eigenvalue weighted by molar-refractivity contribution is 14.1. The number of carboxylic acids is 2. The van der Waals surface area contributed by atoms with Gasteiger partial charge in [-0.1, -0.05) is 15.9 Å². The van der Waals surface area contributed by atoms with Gasteiger partial charge in [-0.25, -0.2) is 4.79 Å². The predicted molar refractivity (Wildman–Crippen MR) is 82.6 cm³/mol. The number of carbonyl (C=O) groups is 3. The van der Waals surface area contributed by atoms with Crippen LogP contribution in [0.3, 0.4) is 0 Å². The molecule has 1 rings (SSSR count). The number of rotatable bonds is 6. The maximum atomic E-state index is 12.0. The molecule has 0 unspecified atom stereocenters. The Morgan fingerprint density at radius 2 is 1.95 bits per heavy atom. The minimum absolute atomic E-state index is 0.166. The van der Waals surface area contributed by atoms with Crippen molar-refractivity contribution in [2.24, 2.45) is 0 Å².